The molecule has 2 aliphatic rings. The lowest BCUT2D eigenvalue weighted by Crippen LogP contribution is -2.54. The van der Waals surface area contributed by atoms with Gasteiger partial charge in [-0.2, -0.15) is 0 Å². The minimum Gasteiger partial charge on any atom is -0.330 e. The highest BCUT2D eigenvalue weighted by molar-refractivity contribution is 7.90. The van der Waals surface area contributed by atoms with E-state index < -0.39 is 15.4 Å². The van der Waals surface area contributed by atoms with Gasteiger partial charge in [0.25, 0.3) is 0 Å². The normalized spacial score (nSPS) is 26.1. The molecule has 1 aliphatic heterocycles. The molecular formula is C23H29FN4O3S. The molecule has 1 N–H and O–H groups in total. The van der Waals surface area contributed by atoms with Crippen molar-refractivity contribution >= 4 is 21.7 Å². The van der Waals surface area contributed by atoms with Gasteiger partial charge < -0.3 is 5.32 Å². The van der Waals surface area contributed by atoms with Gasteiger partial charge in [-0.1, -0.05) is 12.1 Å². The number of nitrogens with zero attached hydrogens (tertiary/aromatic N) is 3. The first kappa shape index (κ1) is 22.7. The summed E-state index contributed by atoms with van der Waals surface area (Å²) in [7, 11) is 0.656. The van der Waals surface area contributed by atoms with E-state index in [1.807, 2.05) is 20.2 Å². The van der Waals surface area contributed by atoms with Crippen LogP contribution in [-0.4, -0.2) is 56.8 Å². The number of anilines is 1. The van der Waals surface area contributed by atoms with Crippen LogP contribution in [0.15, 0.2) is 41.4 Å². The predicted molar refractivity (Wildman–Crippen MR) is 121 cm³/mol. The maximum absolute atomic E-state index is 14.0. The number of amides is 2. The molecule has 172 valence electrons. The second-order valence-electron chi connectivity index (χ2n) is 9.32. The van der Waals surface area contributed by atoms with Crippen LogP contribution in [0.2, 0.25) is 0 Å². The number of hydrogen-bond donors (Lipinski definition) is 1. The van der Waals surface area contributed by atoms with Gasteiger partial charge in [-0.05, 0) is 76.0 Å². The third kappa shape index (κ3) is 3.88. The Hall–Kier alpha value is -2.52. The molecule has 1 aromatic heterocycles. The lowest BCUT2D eigenvalue weighted by atomic mass is 9.69. The van der Waals surface area contributed by atoms with Crippen molar-refractivity contribution < 1.29 is 17.6 Å². The smallest absolute Gasteiger partial charge is 0.323 e. The Balaban J connectivity index is 1.57. The number of benzene rings is 1. The minimum absolute atomic E-state index is 0.136. The third-order valence-corrected chi connectivity index (χ3v) is 8.12. The number of pyridine rings is 1. The van der Waals surface area contributed by atoms with E-state index in [9.17, 15) is 17.6 Å². The molecule has 0 unspecified atom stereocenters. The van der Waals surface area contributed by atoms with Crippen LogP contribution in [0, 0.1) is 12.7 Å². The van der Waals surface area contributed by atoms with Crippen molar-refractivity contribution in [1.29, 1.82) is 0 Å². The fourth-order valence-corrected chi connectivity index (χ4v) is 5.74. The Kier molecular flexibility index (Phi) is 5.53. The molecule has 2 aromatic rings. The monoisotopic (exact) mass is 460 g/mol. The number of carbonyl (C=O) groups is 1. The van der Waals surface area contributed by atoms with Gasteiger partial charge in [0.05, 0.1) is 17.0 Å². The van der Waals surface area contributed by atoms with Crippen LogP contribution in [0.5, 0.6) is 0 Å². The molecule has 9 heteroatoms. The molecule has 1 saturated carbocycles. The van der Waals surface area contributed by atoms with Crippen LogP contribution >= 0.6 is 0 Å². The summed E-state index contributed by atoms with van der Waals surface area (Å²) in [6.07, 6.45) is 5.47. The molecule has 2 amide bonds. The highest BCUT2D eigenvalue weighted by Crippen LogP contribution is 2.46. The summed E-state index contributed by atoms with van der Waals surface area (Å²) in [5, 5.41) is 3.17. The van der Waals surface area contributed by atoms with Crippen molar-refractivity contribution in [2.24, 2.45) is 0 Å². The van der Waals surface area contributed by atoms with Crippen molar-refractivity contribution in [3.8, 4) is 0 Å². The van der Waals surface area contributed by atoms with Crippen molar-refractivity contribution in [2.75, 3.05) is 31.8 Å². The molecule has 2 heterocycles. The molecule has 1 saturated heterocycles. The molecule has 1 spiro atoms. The van der Waals surface area contributed by atoms with Gasteiger partial charge in [-0.25, -0.2) is 22.6 Å². The first-order valence-electron chi connectivity index (χ1n) is 10.7. The van der Waals surface area contributed by atoms with Gasteiger partial charge in [-0.3, -0.25) is 9.80 Å². The van der Waals surface area contributed by atoms with Crippen LogP contribution in [0.1, 0.15) is 36.8 Å². The van der Waals surface area contributed by atoms with Crippen molar-refractivity contribution in [3.63, 3.8) is 0 Å². The summed E-state index contributed by atoms with van der Waals surface area (Å²) in [6, 6.07) is 8.10. The second-order valence-corrected chi connectivity index (χ2v) is 11.3. The fraction of sp³-hybridized carbons (Fsp3) is 0.478. The van der Waals surface area contributed by atoms with E-state index in [1.54, 1.807) is 30.0 Å². The van der Waals surface area contributed by atoms with Gasteiger partial charge in [0.2, 0.25) is 0 Å². The fourth-order valence-electron chi connectivity index (χ4n) is 5.10. The van der Waals surface area contributed by atoms with Crippen molar-refractivity contribution in [2.45, 2.75) is 48.6 Å². The minimum atomic E-state index is -3.37. The molecule has 0 bridgehead atoms. The maximum Gasteiger partial charge on any atom is 0.323 e. The standard InChI is InChI=1S/C23H29FN4O3S/c1-16-12-19(32(4,30)31)14-25-20(16)28-15-22(26-21(28)29)8-10-23(11-9-22,27(2)3)17-6-5-7-18(24)13-17/h5-7,12-14H,8-11,15H2,1-4H3,(H,26,29). The summed E-state index contributed by atoms with van der Waals surface area (Å²) >= 11 is 0. The average molecular weight is 461 g/mol. The summed E-state index contributed by atoms with van der Waals surface area (Å²) < 4.78 is 37.6. The number of halogens is 1. The molecular weight excluding hydrogens is 431 g/mol. The van der Waals surface area contributed by atoms with Gasteiger partial charge in [0.1, 0.15) is 11.6 Å². The molecule has 32 heavy (non-hydrogen) atoms. The van der Waals surface area contributed by atoms with Crippen molar-refractivity contribution in [1.82, 2.24) is 15.2 Å². The van der Waals surface area contributed by atoms with Gasteiger partial charge in [0.15, 0.2) is 9.84 Å². The van der Waals surface area contributed by atoms with E-state index in [0.29, 0.717) is 17.9 Å². The largest absolute Gasteiger partial charge is 0.330 e. The van der Waals surface area contributed by atoms with E-state index in [4.69, 9.17) is 0 Å². The van der Waals surface area contributed by atoms with E-state index in [2.05, 4.69) is 15.2 Å². The zero-order valence-electron chi connectivity index (χ0n) is 18.9. The molecule has 7 nitrogen and oxygen atoms in total. The maximum atomic E-state index is 14.0. The van der Waals surface area contributed by atoms with Crippen LogP contribution in [0.4, 0.5) is 15.0 Å². The average Bonchev–Trinajstić information content (AvgIpc) is 3.03. The lowest BCUT2D eigenvalue weighted by molar-refractivity contribution is 0.0655. The first-order chi connectivity index (χ1) is 15.0. The Morgan fingerprint density at radius 2 is 1.84 bits per heavy atom. The summed E-state index contributed by atoms with van der Waals surface area (Å²) in [6.45, 7) is 2.22. The molecule has 1 aromatic carbocycles. The molecule has 1 aliphatic carbocycles. The van der Waals surface area contributed by atoms with Gasteiger partial charge in [-0.15, -0.1) is 0 Å². The van der Waals surface area contributed by atoms with Crippen molar-refractivity contribution in [3.05, 3.63) is 53.5 Å². The number of aryl methyl sites for hydroxylation is 1. The summed E-state index contributed by atoms with van der Waals surface area (Å²) in [5.41, 5.74) is 0.899. The number of hydrogen-bond acceptors (Lipinski definition) is 5. The van der Waals surface area contributed by atoms with Gasteiger partial charge in [0, 0.05) is 18.0 Å². The number of carbonyl (C=O) groups excluding carboxylic acids is 1. The molecule has 0 radical (unpaired) electrons. The summed E-state index contributed by atoms with van der Waals surface area (Å²) in [5.74, 6) is 0.227. The number of urea groups is 1. The first-order valence-corrected chi connectivity index (χ1v) is 12.5. The summed E-state index contributed by atoms with van der Waals surface area (Å²) in [4.78, 5) is 21.1. The zero-order valence-corrected chi connectivity index (χ0v) is 19.7. The Morgan fingerprint density at radius 1 is 1.16 bits per heavy atom. The van der Waals surface area contributed by atoms with Crippen LogP contribution in [0.3, 0.4) is 0 Å². The number of rotatable bonds is 4. The third-order valence-electron chi connectivity index (χ3n) is 7.04. The van der Waals surface area contributed by atoms with Crippen LogP contribution in [-0.2, 0) is 15.4 Å². The SMILES string of the molecule is Cc1cc(S(C)(=O)=O)cnc1N1CC2(CCC(c3cccc(F)c3)(N(C)C)CC2)NC1=O. The van der Waals surface area contributed by atoms with E-state index in [0.717, 1.165) is 37.5 Å². The number of aromatic nitrogens is 1. The predicted octanol–water partition coefficient (Wildman–Crippen LogP) is 3.23. The Bertz CT molecular complexity index is 1160. The second kappa shape index (κ2) is 7.81. The number of sulfone groups is 1. The van der Waals surface area contributed by atoms with Crippen LogP contribution < -0.4 is 10.2 Å². The molecule has 4 rings (SSSR count). The quantitative estimate of drug-likeness (QED) is 0.758. The lowest BCUT2D eigenvalue weighted by Gasteiger charge is -2.48. The highest BCUT2D eigenvalue weighted by Gasteiger charge is 2.50. The zero-order chi connectivity index (χ0) is 23.3. The molecule has 2 fully saturated rings. The van der Waals surface area contributed by atoms with Crippen LogP contribution in [0.25, 0.3) is 0 Å². The number of nitrogens with one attached hydrogen (secondary N) is 1. The molecule has 0 atom stereocenters. The topological polar surface area (TPSA) is 82.6 Å². The highest BCUT2D eigenvalue weighted by atomic mass is 32.2. The Labute approximate surface area is 188 Å². The van der Waals surface area contributed by atoms with Gasteiger partial charge >= 0.3 is 6.03 Å². The van der Waals surface area contributed by atoms with E-state index in [-0.39, 0.29) is 22.3 Å². The Morgan fingerprint density at radius 3 is 2.41 bits per heavy atom. The van der Waals surface area contributed by atoms with E-state index >= 15 is 0 Å². The van der Waals surface area contributed by atoms with E-state index in [1.165, 1.54) is 12.3 Å².